The number of pyridine rings is 1. The van der Waals surface area contributed by atoms with E-state index in [-0.39, 0.29) is 42.8 Å². The van der Waals surface area contributed by atoms with Gasteiger partial charge in [0.15, 0.2) is 0 Å². The van der Waals surface area contributed by atoms with Gasteiger partial charge >= 0.3 is 11.9 Å². The number of carbonyl (C=O) groups excluding carboxylic acids is 3. The summed E-state index contributed by atoms with van der Waals surface area (Å²) in [5.74, 6) is -0.876. The number of benzene rings is 1. The molecule has 9 heteroatoms. The molecule has 1 saturated carbocycles. The van der Waals surface area contributed by atoms with Gasteiger partial charge in [-0.05, 0) is 96.7 Å². The van der Waals surface area contributed by atoms with Crippen LogP contribution in [0.25, 0.3) is 10.8 Å². The molecule has 0 N–H and O–H groups in total. The average molecular weight is 677 g/mol. The van der Waals surface area contributed by atoms with Crippen LogP contribution >= 0.6 is 22.6 Å². The first kappa shape index (κ1) is 30.0. The van der Waals surface area contributed by atoms with Gasteiger partial charge in [-0.25, -0.2) is 9.78 Å². The molecule has 3 atom stereocenters. The monoisotopic (exact) mass is 676 g/mol. The standard InChI is InChI=1S/C32H41IN2O6/c1-4-39-31(38)27-16-22-18-35(27)30(37)24(21-9-5-6-10-21)17-28(36)40-19-32(2,3)12-7-8-20-14-25-23(26(33)15-20)11-13-34-29(25)41-22/h11,13-15,21-22,24,27H,4-10,12,16-19H2,1-3H3/t22-,24+,27+/m1/s1. The second kappa shape index (κ2) is 12.8. The lowest BCUT2D eigenvalue weighted by atomic mass is 9.86. The van der Waals surface area contributed by atoms with E-state index in [0.717, 1.165) is 59.3 Å². The Morgan fingerprint density at radius 2 is 1.95 bits per heavy atom. The van der Waals surface area contributed by atoms with Crippen molar-refractivity contribution in [1.29, 1.82) is 0 Å². The Bertz CT molecular complexity index is 1290. The van der Waals surface area contributed by atoms with Crippen molar-refractivity contribution in [2.24, 2.45) is 17.3 Å². The van der Waals surface area contributed by atoms with Crippen molar-refractivity contribution in [2.75, 3.05) is 19.8 Å². The first-order chi connectivity index (χ1) is 19.6. The summed E-state index contributed by atoms with van der Waals surface area (Å²) in [6.07, 6.45) is 8.27. The molecule has 8 nitrogen and oxygen atoms in total. The molecule has 1 aromatic carbocycles. The summed E-state index contributed by atoms with van der Waals surface area (Å²) < 4.78 is 18.8. The van der Waals surface area contributed by atoms with E-state index in [9.17, 15) is 14.4 Å². The van der Waals surface area contributed by atoms with Gasteiger partial charge in [0.05, 0.1) is 32.1 Å². The topological polar surface area (TPSA) is 95.0 Å². The summed E-state index contributed by atoms with van der Waals surface area (Å²) in [5, 5.41) is 2.00. The lowest BCUT2D eigenvalue weighted by molar-refractivity contribution is -0.157. The maximum absolute atomic E-state index is 14.2. The summed E-state index contributed by atoms with van der Waals surface area (Å²) in [7, 11) is 0. The van der Waals surface area contributed by atoms with Crippen molar-refractivity contribution in [2.45, 2.75) is 90.7 Å². The number of nitrogens with zero attached hydrogens (tertiary/aromatic N) is 2. The van der Waals surface area contributed by atoms with Gasteiger partial charge in [-0.2, -0.15) is 0 Å². The molecular weight excluding hydrogens is 635 g/mol. The van der Waals surface area contributed by atoms with Crippen LogP contribution < -0.4 is 4.74 Å². The summed E-state index contributed by atoms with van der Waals surface area (Å²) in [6, 6.07) is 5.58. The third-order valence-electron chi connectivity index (χ3n) is 8.85. The molecule has 2 aliphatic heterocycles. The lowest BCUT2D eigenvalue weighted by Gasteiger charge is -2.30. The van der Waals surface area contributed by atoms with E-state index in [4.69, 9.17) is 14.2 Å². The predicted octanol–water partition coefficient (Wildman–Crippen LogP) is 5.85. The smallest absolute Gasteiger partial charge is 0.328 e. The fraction of sp³-hybridized carbons (Fsp3) is 0.625. The van der Waals surface area contributed by atoms with Crippen LogP contribution in [-0.4, -0.2) is 59.6 Å². The molecule has 3 aliphatic rings. The molecule has 4 bridgehead atoms. The molecular formula is C32H41IN2O6. The number of fused-ring (bicyclic) bond motifs is 3. The maximum Gasteiger partial charge on any atom is 0.328 e. The van der Waals surface area contributed by atoms with Crippen molar-refractivity contribution in [1.82, 2.24) is 9.88 Å². The quantitative estimate of drug-likeness (QED) is 0.297. The predicted molar refractivity (Wildman–Crippen MR) is 163 cm³/mol. The molecule has 1 amide bonds. The van der Waals surface area contributed by atoms with Crippen LogP contribution in [0.3, 0.4) is 0 Å². The Kier molecular flexibility index (Phi) is 9.40. The number of aryl methyl sites for hydroxylation is 1. The number of cyclic esters (lactones) is 1. The zero-order valence-electron chi connectivity index (χ0n) is 24.3. The minimum absolute atomic E-state index is 0.0288. The average Bonchev–Trinajstić information content (AvgIpc) is 3.61. The van der Waals surface area contributed by atoms with E-state index < -0.39 is 24.0 Å². The third kappa shape index (κ3) is 6.97. The SMILES string of the molecule is CCOC(=O)[C@@H]1C[C@@H]2CN1C(=O)[C@H](C1CCCC1)CC(=O)OCC(C)(C)CCCc1cc(I)c3ccnc(c3c1)O2. The van der Waals surface area contributed by atoms with Crippen molar-refractivity contribution in [3.63, 3.8) is 0 Å². The van der Waals surface area contributed by atoms with Gasteiger partial charge < -0.3 is 19.1 Å². The summed E-state index contributed by atoms with van der Waals surface area (Å²) in [4.78, 5) is 46.6. The number of ether oxygens (including phenoxy) is 3. The molecule has 1 saturated heterocycles. The van der Waals surface area contributed by atoms with Crippen LogP contribution in [0.15, 0.2) is 24.4 Å². The Morgan fingerprint density at radius 1 is 1.17 bits per heavy atom. The summed E-state index contributed by atoms with van der Waals surface area (Å²) in [5.41, 5.74) is 1.01. The van der Waals surface area contributed by atoms with Crippen LogP contribution in [0.2, 0.25) is 0 Å². The van der Waals surface area contributed by atoms with Gasteiger partial charge in [0.1, 0.15) is 12.1 Å². The van der Waals surface area contributed by atoms with Gasteiger partial charge in [-0.15, -0.1) is 0 Å². The van der Waals surface area contributed by atoms with E-state index in [1.165, 1.54) is 5.56 Å². The van der Waals surface area contributed by atoms with Crippen molar-refractivity contribution < 1.29 is 28.6 Å². The number of rotatable bonds is 3. The van der Waals surface area contributed by atoms with Crippen LogP contribution in [0.4, 0.5) is 0 Å². The minimum atomic E-state index is -0.765. The summed E-state index contributed by atoms with van der Waals surface area (Å²) in [6.45, 7) is 6.77. The number of hydrogen-bond donors (Lipinski definition) is 0. The molecule has 222 valence electrons. The van der Waals surface area contributed by atoms with Crippen LogP contribution in [0.1, 0.15) is 77.7 Å². The van der Waals surface area contributed by atoms with E-state index in [1.54, 1.807) is 18.0 Å². The molecule has 0 unspecified atom stereocenters. The molecule has 3 heterocycles. The molecule has 1 aliphatic carbocycles. The molecule has 1 aromatic heterocycles. The zero-order valence-corrected chi connectivity index (χ0v) is 26.5. The van der Waals surface area contributed by atoms with E-state index in [0.29, 0.717) is 18.9 Å². The summed E-state index contributed by atoms with van der Waals surface area (Å²) >= 11 is 2.36. The number of esters is 2. The normalized spacial score (nSPS) is 26.0. The number of carbonyl (C=O) groups is 3. The first-order valence-electron chi connectivity index (χ1n) is 15.0. The van der Waals surface area contributed by atoms with Crippen molar-refractivity contribution in [3.8, 4) is 5.88 Å². The van der Waals surface area contributed by atoms with Crippen molar-refractivity contribution in [3.05, 3.63) is 33.5 Å². The molecule has 0 radical (unpaired) electrons. The Hall–Kier alpha value is -2.43. The van der Waals surface area contributed by atoms with E-state index in [2.05, 4.69) is 53.6 Å². The first-order valence-corrected chi connectivity index (χ1v) is 16.1. The lowest BCUT2D eigenvalue weighted by Crippen LogP contribution is -2.46. The number of amides is 1. The molecule has 5 rings (SSSR count). The molecule has 41 heavy (non-hydrogen) atoms. The molecule has 0 spiro atoms. The van der Waals surface area contributed by atoms with Crippen LogP contribution in [-0.2, 0) is 30.3 Å². The Morgan fingerprint density at radius 3 is 2.71 bits per heavy atom. The molecule has 2 fully saturated rings. The highest BCUT2D eigenvalue weighted by atomic mass is 127. The number of hydrogen-bond acceptors (Lipinski definition) is 7. The van der Waals surface area contributed by atoms with Gasteiger partial charge in [0, 0.05) is 27.0 Å². The Balaban J connectivity index is 1.52. The van der Waals surface area contributed by atoms with Gasteiger partial charge in [0.25, 0.3) is 0 Å². The highest BCUT2D eigenvalue weighted by Gasteiger charge is 2.46. The molecule has 2 aromatic rings. The van der Waals surface area contributed by atoms with Gasteiger partial charge in [-0.3, -0.25) is 9.59 Å². The zero-order chi connectivity index (χ0) is 29.1. The number of halogens is 1. The van der Waals surface area contributed by atoms with Crippen LogP contribution in [0, 0.1) is 20.8 Å². The fourth-order valence-corrected chi connectivity index (χ4v) is 7.51. The van der Waals surface area contributed by atoms with Crippen molar-refractivity contribution >= 4 is 51.2 Å². The van der Waals surface area contributed by atoms with Crippen LogP contribution in [0.5, 0.6) is 5.88 Å². The largest absolute Gasteiger partial charge is 0.472 e. The highest BCUT2D eigenvalue weighted by molar-refractivity contribution is 14.1. The second-order valence-electron chi connectivity index (χ2n) is 12.6. The third-order valence-corrected chi connectivity index (χ3v) is 9.74. The van der Waals surface area contributed by atoms with Gasteiger partial charge in [0.2, 0.25) is 11.8 Å². The van der Waals surface area contributed by atoms with E-state index in [1.807, 2.05) is 6.07 Å². The van der Waals surface area contributed by atoms with Gasteiger partial charge in [-0.1, -0.05) is 26.7 Å². The van der Waals surface area contributed by atoms with E-state index >= 15 is 0 Å². The Labute approximate surface area is 256 Å². The minimum Gasteiger partial charge on any atom is -0.472 e. The maximum atomic E-state index is 14.2. The fourth-order valence-electron chi connectivity index (χ4n) is 6.64. The number of aromatic nitrogens is 1. The second-order valence-corrected chi connectivity index (χ2v) is 13.7. The highest BCUT2D eigenvalue weighted by Crippen LogP contribution is 2.38.